The highest BCUT2D eigenvalue weighted by Gasteiger charge is 2.06. The Morgan fingerprint density at radius 1 is 1.14 bits per heavy atom. The van der Waals surface area contributed by atoms with Crippen LogP contribution in [0.15, 0.2) is 63.3 Å². The Bertz CT molecular complexity index is 752. The lowest BCUT2D eigenvalue weighted by molar-refractivity contribution is 1.26. The lowest BCUT2D eigenvalue weighted by Crippen LogP contribution is -1.82. The largest absolute Gasteiger partial charge is 0.240 e. The lowest BCUT2D eigenvalue weighted by Gasteiger charge is -2.00. The predicted octanol–water partition coefficient (Wildman–Crippen LogP) is 6.17. The van der Waals surface area contributed by atoms with Crippen molar-refractivity contribution >= 4 is 39.0 Å². The van der Waals surface area contributed by atoms with E-state index in [1.165, 1.54) is 10.5 Å². The SMILES string of the molecule is Cc1cccc(SCc2nc(-c3cccc(Br)c3)cs2)c1. The Kier molecular flexibility index (Phi) is 4.78. The quantitative estimate of drug-likeness (QED) is 0.505. The van der Waals surface area contributed by atoms with Gasteiger partial charge in [-0.3, -0.25) is 0 Å². The summed E-state index contributed by atoms with van der Waals surface area (Å²) in [6.45, 7) is 2.12. The zero-order chi connectivity index (χ0) is 14.7. The summed E-state index contributed by atoms with van der Waals surface area (Å²) < 4.78 is 1.09. The van der Waals surface area contributed by atoms with Gasteiger partial charge in [-0.05, 0) is 31.2 Å². The number of benzene rings is 2. The minimum atomic E-state index is 0.919. The average molecular weight is 376 g/mol. The van der Waals surface area contributed by atoms with Crippen molar-refractivity contribution in [3.63, 3.8) is 0 Å². The summed E-state index contributed by atoms with van der Waals surface area (Å²) in [5.41, 5.74) is 3.52. The van der Waals surface area contributed by atoms with Crippen LogP contribution >= 0.6 is 39.0 Å². The molecule has 2 aromatic carbocycles. The van der Waals surface area contributed by atoms with E-state index in [-0.39, 0.29) is 0 Å². The monoisotopic (exact) mass is 375 g/mol. The number of aromatic nitrogens is 1. The molecule has 0 aliphatic rings. The van der Waals surface area contributed by atoms with Crippen LogP contribution in [0.3, 0.4) is 0 Å². The highest BCUT2D eigenvalue weighted by atomic mass is 79.9. The molecule has 0 N–H and O–H groups in total. The molecule has 0 radical (unpaired) electrons. The third-order valence-corrected chi connectivity index (χ3v) is 5.55. The fraction of sp³-hybridized carbons (Fsp3) is 0.118. The first kappa shape index (κ1) is 14.8. The number of thiazole rings is 1. The van der Waals surface area contributed by atoms with Crippen molar-refractivity contribution in [2.24, 2.45) is 0 Å². The van der Waals surface area contributed by atoms with Crippen molar-refractivity contribution in [1.82, 2.24) is 4.98 Å². The predicted molar refractivity (Wildman–Crippen MR) is 96.0 cm³/mol. The summed E-state index contributed by atoms with van der Waals surface area (Å²) in [5, 5.41) is 3.30. The van der Waals surface area contributed by atoms with Gasteiger partial charge in [-0.15, -0.1) is 23.1 Å². The maximum absolute atomic E-state index is 4.74. The number of thioether (sulfide) groups is 1. The fourth-order valence-electron chi connectivity index (χ4n) is 2.01. The number of nitrogens with zero attached hydrogens (tertiary/aromatic N) is 1. The highest BCUT2D eigenvalue weighted by Crippen LogP contribution is 2.29. The van der Waals surface area contributed by atoms with Gasteiger partial charge in [0.2, 0.25) is 0 Å². The molecule has 1 aromatic heterocycles. The highest BCUT2D eigenvalue weighted by molar-refractivity contribution is 9.10. The van der Waals surface area contributed by atoms with Gasteiger partial charge < -0.3 is 0 Å². The second kappa shape index (κ2) is 6.77. The van der Waals surface area contributed by atoms with Crippen molar-refractivity contribution in [3.8, 4) is 11.3 Å². The third kappa shape index (κ3) is 3.96. The minimum Gasteiger partial charge on any atom is -0.240 e. The molecule has 0 fully saturated rings. The molecule has 1 nitrogen and oxygen atoms in total. The van der Waals surface area contributed by atoms with E-state index in [9.17, 15) is 0 Å². The second-order valence-corrected chi connectivity index (χ2v) is 7.65. The summed E-state index contributed by atoms with van der Waals surface area (Å²) in [4.78, 5) is 6.04. The summed E-state index contributed by atoms with van der Waals surface area (Å²) in [6, 6.07) is 16.9. The standard InChI is InChI=1S/C17H14BrNS2/c1-12-4-2-7-15(8-12)20-11-17-19-16(10-21-17)13-5-3-6-14(18)9-13/h2-10H,11H2,1H3. The van der Waals surface area contributed by atoms with Crippen LogP contribution in [0.1, 0.15) is 10.6 Å². The van der Waals surface area contributed by atoms with Gasteiger partial charge in [0.05, 0.1) is 11.4 Å². The zero-order valence-corrected chi connectivity index (χ0v) is 14.8. The van der Waals surface area contributed by atoms with Gasteiger partial charge in [0, 0.05) is 20.3 Å². The molecular weight excluding hydrogens is 362 g/mol. The van der Waals surface area contributed by atoms with Gasteiger partial charge in [0.15, 0.2) is 0 Å². The maximum atomic E-state index is 4.74. The van der Waals surface area contributed by atoms with Crippen LogP contribution in [0, 0.1) is 6.92 Å². The van der Waals surface area contributed by atoms with Crippen LogP contribution in [0.2, 0.25) is 0 Å². The van der Waals surface area contributed by atoms with E-state index in [0.717, 1.165) is 26.5 Å². The number of rotatable bonds is 4. The smallest absolute Gasteiger partial charge is 0.104 e. The van der Waals surface area contributed by atoms with Gasteiger partial charge in [-0.25, -0.2) is 4.98 Å². The molecule has 106 valence electrons. The molecule has 0 atom stereocenters. The van der Waals surface area contributed by atoms with E-state index in [0.29, 0.717) is 0 Å². The van der Waals surface area contributed by atoms with E-state index < -0.39 is 0 Å². The van der Waals surface area contributed by atoms with Crippen LogP contribution in [-0.2, 0) is 5.75 Å². The van der Waals surface area contributed by atoms with Crippen LogP contribution in [0.4, 0.5) is 0 Å². The van der Waals surface area contributed by atoms with Crippen molar-refractivity contribution < 1.29 is 0 Å². The van der Waals surface area contributed by atoms with Crippen LogP contribution in [-0.4, -0.2) is 4.98 Å². The Morgan fingerprint density at radius 3 is 2.81 bits per heavy atom. The molecule has 0 saturated heterocycles. The van der Waals surface area contributed by atoms with Crippen molar-refractivity contribution in [2.45, 2.75) is 17.6 Å². The summed E-state index contributed by atoms with van der Waals surface area (Å²) >= 11 is 7.07. The Labute approximate surface area is 141 Å². The van der Waals surface area contributed by atoms with E-state index in [1.807, 2.05) is 23.9 Å². The topological polar surface area (TPSA) is 12.9 Å². The van der Waals surface area contributed by atoms with Crippen LogP contribution < -0.4 is 0 Å². The zero-order valence-electron chi connectivity index (χ0n) is 11.5. The fourth-order valence-corrected chi connectivity index (χ4v) is 4.24. The first-order valence-corrected chi connectivity index (χ1v) is 9.26. The molecule has 0 spiro atoms. The Balaban J connectivity index is 1.71. The molecular formula is C17H14BrNS2. The van der Waals surface area contributed by atoms with Crippen molar-refractivity contribution in [2.75, 3.05) is 0 Å². The van der Waals surface area contributed by atoms with E-state index in [4.69, 9.17) is 4.98 Å². The van der Waals surface area contributed by atoms with Gasteiger partial charge >= 0.3 is 0 Å². The van der Waals surface area contributed by atoms with Crippen LogP contribution in [0.5, 0.6) is 0 Å². The van der Waals surface area contributed by atoms with Gasteiger partial charge in [-0.2, -0.15) is 0 Å². The number of halogens is 1. The summed E-state index contributed by atoms with van der Waals surface area (Å²) in [6.07, 6.45) is 0. The molecule has 0 aliphatic heterocycles. The van der Waals surface area contributed by atoms with Gasteiger partial charge in [0.1, 0.15) is 5.01 Å². The van der Waals surface area contributed by atoms with E-state index in [2.05, 4.69) is 64.6 Å². The normalized spacial score (nSPS) is 10.8. The molecule has 3 rings (SSSR count). The Morgan fingerprint density at radius 2 is 2.00 bits per heavy atom. The van der Waals surface area contributed by atoms with Crippen LogP contribution in [0.25, 0.3) is 11.3 Å². The average Bonchev–Trinajstić information content (AvgIpc) is 2.94. The number of hydrogen-bond donors (Lipinski definition) is 0. The maximum Gasteiger partial charge on any atom is 0.104 e. The summed E-state index contributed by atoms with van der Waals surface area (Å²) in [7, 11) is 0. The molecule has 1 heterocycles. The first-order valence-electron chi connectivity index (χ1n) is 6.60. The molecule has 0 unspecified atom stereocenters. The Hall–Kier alpha value is -1.10. The lowest BCUT2D eigenvalue weighted by atomic mass is 10.2. The molecule has 4 heteroatoms. The van der Waals surface area contributed by atoms with E-state index >= 15 is 0 Å². The van der Waals surface area contributed by atoms with Gasteiger partial charge in [0.25, 0.3) is 0 Å². The number of hydrogen-bond acceptors (Lipinski definition) is 3. The van der Waals surface area contributed by atoms with Crippen molar-refractivity contribution in [3.05, 3.63) is 69.0 Å². The molecule has 0 amide bonds. The first-order chi connectivity index (χ1) is 10.2. The third-order valence-electron chi connectivity index (χ3n) is 3.02. The molecule has 21 heavy (non-hydrogen) atoms. The number of aryl methyl sites for hydroxylation is 1. The second-order valence-electron chi connectivity index (χ2n) is 4.74. The molecule has 0 saturated carbocycles. The molecule has 3 aromatic rings. The van der Waals surface area contributed by atoms with Gasteiger partial charge in [-0.1, -0.05) is 45.8 Å². The summed E-state index contributed by atoms with van der Waals surface area (Å²) in [5.74, 6) is 0.919. The minimum absolute atomic E-state index is 0.919. The van der Waals surface area contributed by atoms with E-state index in [1.54, 1.807) is 11.3 Å². The molecule has 0 bridgehead atoms. The van der Waals surface area contributed by atoms with Crippen molar-refractivity contribution in [1.29, 1.82) is 0 Å². The molecule has 0 aliphatic carbocycles.